The summed E-state index contributed by atoms with van der Waals surface area (Å²) in [5.41, 5.74) is 8.20. The van der Waals surface area contributed by atoms with Crippen LogP contribution in [0.2, 0.25) is 0 Å². The van der Waals surface area contributed by atoms with Crippen molar-refractivity contribution in [2.24, 2.45) is 5.11 Å². The van der Waals surface area contributed by atoms with E-state index >= 15 is 0 Å². The van der Waals surface area contributed by atoms with Crippen LogP contribution in [0.5, 0.6) is 0 Å². The van der Waals surface area contributed by atoms with Gasteiger partial charge in [0.2, 0.25) is 0 Å². The fourth-order valence-electron chi connectivity index (χ4n) is 4.47. The summed E-state index contributed by atoms with van der Waals surface area (Å²) in [7, 11) is 0. The number of nitrogens with zero attached hydrogens (tertiary/aromatic N) is 3. The van der Waals surface area contributed by atoms with Crippen LogP contribution >= 0.6 is 0 Å². The van der Waals surface area contributed by atoms with Crippen molar-refractivity contribution in [3.63, 3.8) is 0 Å². The highest BCUT2D eigenvalue weighted by Gasteiger charge is 2.02. The summed E-state index contributed by atoms with van der Waals surface area (Å²) in [6, 6.07) is 0. The second kappa shape index (κ2) is 29.8. The maximum Gasteiger partial charge on any atom is 0.305 e. The molecule has 200 valence electrons. The van der Waals surface area contributed by atoms with Crippen molar-refractivity contribution in [3.8, 4) is 0 Å². The van der Waals surface area contributed by atoms with Gasteiger partial charge in [0.05, 0.1) is 6.61 Å². The van der Waals surface area contributed by atoms with Crippen molar-refractivity contribution >= 4 is 5.97 Å². The minimum Gasteiger partial charge on any atom is -0.466 e. The van der Waals surface area contributed by atoms with E-state index in [9.17, 15) is 4.79 Å². The summed E-state index contributed by atoms with van der Waals surface area (Å²) >= 11 is 0. The van der Waals surface area contributed by atoms with Crippen molar-refractivity contribution in [1.29, 1.82) is 0 Å². The fourth-order valence-corrected chi connectivity index (χ4v) is 4.47. The molecule has 0 aromatic carbocycles. The van der Waals surface area contributed by atoms with Crippen molar-refractivity contribution in [1.82, 2.24) is 0 Å². The van der Waals surface area contributed by atoms with Crippen LogP contribution in [0.1, 0.15) is 167 Å². The van der Waals surface area contributed by atoms with E-state index in [0.29, 0.717) is 19.6 Å². The maximum absolute atomic E-state index is 11.7. The molecule has 0 spiro atoms. The molecule has 0 saturated carbocycles. The average molecular weight is 480 g/mol. The third-order valence-electron chi connectivity index (χ3n) is 6.71. The van der Waals surface area contributed by atoms with E-state index in [1.165, 1.54) is 116 Å². The van der Waals surface area contributed by atoms with Crippen LogP contribution in [0.25, 0.3) is 10.4 Å². The van der Waals surface area contributed by atoms with Crippen molar-refractivity contribution in [2.75, 3.05) is 13.2 Å². The third-order valence-corrected chi connectivity index (χ3v) is 6.71. The maximum atomic E-state index is 11.7. The Kier molecular flexibility index (Phi) is 28.7. The summed E-state index contributed by atoms with van der Waals surface area (Å²) in [4.78, 5) is 14.5. The van der Waals surface area contributed by atoms with Crippen molar-refractivity contribution in [3.05, 3.63) is 10.4 Å². The lowest BCUT2D eigenvalue weighted by atomic mass is 10.0. The van der Waals surface area contributed by atoms with Crippen LogP contribution < -0.4 is 0 Å². The Morgan fingerprint density at radius 2 is 0.971 bits per heavy atom. The molecule has 0 rings (SSSR count). The van der Waals surface area contributed by atoms with Crippen LogP contribution in [-0.4, -0.2) is 19.1 Å². The van der Waals surface area contributed by atoms with E-state index in [1.54, 1.807) is 0 Å². The van der Waals surface area contributed by atoms with Gasteiger partial charge in [0.15, 0.2) is 0 Å². The minimum atomic E-state index is -0.0449. The molecule has 0 aromatic rings. The number of carbonyl (C=O) groups is 1. The number of azide groups is 1. The van der Waals surface area contributed by atoms with Crippen LogP contribution in [0.4, 0.5) is 0 Å². The number of carbonyl (C=O) groups excluding carboxylic acids is 1. The molecule has 0 aliphatic heterocycles. The summed E-state index contributed by atoms with van der Waals surface area (Å²) in [6.45, 7) is 3.38. The first-order valence-electron chi connectivity index (χ1n) is 15.0. The number of rotatable bonds is 28. The molecule has 0 unspecified atom stereocenters. The van der Waals surface area contributed by atoms with Gasteiger partial charge in [-0.1, -0.05) is 147 Å². The van der Waals surface area contributed by atoms with Crippen molar-refractivity contribution in [2.45, 2.75) is 167 Å². The highest BCUT2D eigenvalue weighted by molar-refractivity contribution is 5.69. The molecule has 0 fully saturated rings. The molecule has 0 bridgehead atoms. The molecule has 5 heteroatoms. The zero-order valence-electron chi connectivity index (χ0n) is 22.8. The Morgan fingerprint density at radius 3 is 1.41 bits per heavy atom. The smallest absolute Gasteiger partial charge is 0.305 e. The number of hydrogen-bond donors (Lipinski definition) is 0. The van der Waals surface area contributed by atoms with Gasteiger partial charge < -0.3 is 4.74 Å². The topological polar surface area (TPSA) is 75.1 Å². The number of hydrogen-bond acceptors (Lipinski definition) is 3. The standard InChI is InChI=1S/C29H57N3O2/c1-2-3-4-5-6-7-8-9-10-11-12-13-14-15-16-17-18-19-20-23-26-29(33)34-28-25-22-21-24-27-31-32-30/h2-28H2,1H3. The van der Waals surface area contributed by atoms with Gasteiger partial charge in [0.1, 0.15) is 0 Å². The van der Waals surface area contributed by atoms with Crippen LogP contribution in [0.3, 0.4) is 0 Å². The molecule has 34 heavy (non-hydrogen) atoms. The lowest BCUT2D eigenvalue weighted by molar-refractivity contribution is -0.143. The van der Waals surface area contributed by atoms with E-state index in [-0.39, 0.29) is 5.97 Å². The van der Waals surface area contributed by atoms with Gasteiger partial charge in [-0.25, -0.2) is 0 Å². The lowest BCUT2D eigenvalue weighted by Gasteiger charge is -2.05. The van der Waals surface area contributed by atoms with Gasteiger partial charge in [-0.05, 0) is 24.8 Å². The van der Waals surface area contributed by atoms with Gasteiger partial charge in [-0.3, -0.25) is 4.79 Å². The first-order chi connectivity index (χ1) is 16.8. The van der Waals surface area contributed by atoms with Gasteiger partial charge in [0.25, 0.3) is 0 Å². The van der Waals surface area contributed by atoms with Crippen LogP contribution in [0.15, 0.2) is 5.11 Å². The zero-order chi connectivity index (χ0) is 24.8. The number of ether oxygens (including phenoxy) is 1. The van der Waals surface area contributed by atoms with Crippen LogP contribution in [-0.2, 0) is 9.53 Å². The summed E-state index contributed by atoms with van der Waals surface area (Å²) in [5, 5.41) is 3.51. The molecule has 0 aliphatic rings. The number of esters is 1. The first-order valence-corrected chi connectivity index (χ1v) is 15.0. The van der Waals surface area contributed by atoms with E-state index in [0.717, 1.165) is 38.5 Å². The van der Waals surface area contributed by atoms with Gasteiger partial charge in [0, 0.05) is 17.9 Å². The lowest BCUT2D eigenvalue weighted by Crippen LogP contribution is -2.05. The molecule has 0 amide bonds. The van der Waals surface area contributed by atoms with Crippen molar-refractivity contribution < 1.29 is 9.53 Å². The Bertz CT molecular complexity index is 464. The molecular weight excluding hydrogens is 422 g/mol. The molecular formula is C29H57N3O2. The zero-order valence-corrected chi connectivity index (χ0v) is 22.8. The molecule has 0 aliphatic carbocycles. The number of unbranched alkanes of at least 4 members (excludes halogenated alkanes) is 22. The second-order valence-corrected chi connectivity index (χ2v) is 10.1. The summed E-state index contributed by atoms with van der Waals surface area (Å²) < 4.78 is 5.29. The first kappa shape index (κ1) is 32.8. The SMILES string of the molecule is CCCCCCCCCCCCCCCCCCCCCCC(=O)OCCCCCCN=[N+]=[N-]. The van der Waals surface area contributed by atoms with E-state index in [1.807, 2.05) is 0 Å². The molecule has 0 N–H and O–H groups in total. The van der Waals surface area contributed by atoms with E-state index < -0.39 is 0 Å². The molecule has 0 atom stereocenters. The quantitative estimate of drug-likeness (QED) is 0.0368. The molecule has 0 aromatic heterocycles. The van der Waals surface area contributed by atoms with E-state index in [2.05, 4.69) is 16.9 Å². The second-order valence-electron chi connectivity index (χ2n) is 10.1. The normalized spacial score (nSPS) is 10.9. The Hall–Kier alpha value is -1.22. The van der Waals surface area contributed by atoms with E-state index in [4.69, 9.17) is 10.3 Å². The Labute approximate surface area is 211 Å². The Balaban J connectivity index is 3.13. The molecule has 5 nitrogen and oxygen atoms in total. The average Bonchev–Trinajstić information content (AvgIpc) is 2.84. The molecule has 0 heterocycles. The Morgan fingerprint density at radius 1 is 0.588 bits per heavy atom. The minimum absolute atomic E-state index is 0.0449. The highest BCUT2D eigenvalue weighted by atomic mass is 16.5. The monoisotopic (exact) mass is 479 g/mol. The molecule has 0 radical (unpaired) electrons. The van der Waals surface area contributed by atoms with Gasteiger partial charge >= 0.3 is 5.97 Å². The van der Waals surface area contributed by atoms with Gasteiger partial charge in [-0.15, -0.1) is 0 Å². The summed E-state index contributed by atoms with van der Waals surface area (Å²) in [6.07, 6.45) is 31.9. The fraction of sp³-hybridized carbons (Fsp3) is 0.966. The predicted octanol–water partition coefficient (Wildman–Crippen LogP) is 10.6. The largest absolute Gasteiger partial charge is 0.466 e. The highest BCUT2D eigenvalue weighted by Crippen LogP contribution is 2.15. The molecule has 0 saturated heterocycles. The van der Waals surface area contributed by atoms with Gasteiger partial charge in [-0.2, -0.15) is 0 Å². The third kappa shape index (κ3) is 28.8. The predicted molar refractivity (Wildman–Crippen MR) is 146 cm³/mol. The van der Waals surface area contributed by atoms with Crippen LogP contribution in [0, 0.1) is 0 Å². The summed E-state index contributed by atoms with van der Waals surface area (Å²) in [5.74, 6) is -0.0449.